The summed E-state index contributed by atoms with van der Waals surface area (Å²) in [6.07, 6.45) is 2.03. The summed E-state index contributed by atoms with van der Waals surface area (Å²) in [5, 5.41) is 18.2. The third kappa shape index (κ3) is 5.01. The number of carbonyl (C=O) groups is 1. The monoisotopic (exact) mass is 478 g/mol. The molecule has 1 aromatic heterocycles. The summed E-state index contributed by atoms with van der Waals surface area (Å²) in [7, 11) is -3.71. The van der Waals surface area contributed by atoms with E-state index in [1.54, 1.807) is 32.9 Å². The molecule has 1 saturated heterocycles. The summed E-state index contributed by atoms with van der Waals surface area (Å²) >= 11 is 0. The number of aryl methyl sites for hydroxylation is 1. The summed E-state index contributed by atoms with van der Waals surface area (Å²) in [6.45, 7) is 8.68. The van der Waals surface area contributed by atoms with Gasteiger partial charge in [-0.1, -0.05) is 13.8 Å². The lowest BCUT2D eigenvalue weighted by atomic mass is 10.2. The molecular weight excluding hydrogens is 448 g/mol. The molecule has 0 bridgehead atoms. The first-order valence-electron chi connectivity index (χ1n) is 11.0. The van der Waals surface area contributed by atoms with Crippen LogP contribution in [-0.2, 0) is 21.4 Å². The van der Waals surface area contributed by atoms with E-state index in [4.69, 9.17) is 0 Å². The molecular formula is C21H30N6O5S. The van der Waals surface area contributed by atoms with Crippen LogP contribution in [0.1, 0.15) is 38.1 Å². The molecule has 1 aromatic carbocycles. The Kier molecular flexibility index (Phi) is 7.38. The van der Waals surface area contributed by atoms with Gasteiger partial charge in [-0.15, -0.1) is 0 Å². The van der Waals surface area contributed by atoms with Gasteiger partial charge in [0.1, 0.15) is 17.9 Å². The van der Waals surface area contributed by atoms with Crippen LogP contribution in [0.2, 0.25) is 0 Å². The first-order valence-corrected chi connectivity index (χ1v) is 12.4. The fourth-order valence-corrected chi connectivity index (χ4v) is 5.64. The van der Waals surface area contributed by atoms with Gasteiger partial charge in [-0.25, -0.2) is 8.42 Å². The molecule has 11 nitrogen and oxygen atoms in total. The van der Waals surface area contributed by atoms with Gasteiger partial charge >= 0.3 is 5.69 Å². The quantitative estimate of drug-likeness (QED) is 0.433. The number of nitrogens with zero attached hydrogens (tertiary/aromatic N) is 5. The summed E-state index contributed by atoms with van der Waals surface area (Å²) < 4.78 is 28.7. The lowest BCUT2D eigenvalue weighted by Crippen LogP contribution is -2.31. The number of sulfonamides is 1. The predicted octanol–water partition coefficient (Wildman–Crippen LogP) is 2.68. The average molecular weight is 479 g/mol. The van der Waals surface area contributed by atoms with Gasteiger partial charge in [0.05, 0.1) is 21.2 Å². The van der Waals surface area contributed by atoms with Crippen molar-refractivity contribution >= 4 is 33.0 Å². The fraction of sp³-hybridized carbons (Fsp3) is 0.524. The van der Waals surface area contributed by atoms with E-state index < -0.39 is 20.9 Å². The lowest BCUT2D eigenvalue weighted by Gasteiger charge is -2.24. The summed E-state index contributed by atoms with van der Waals surface area (Å²) in [5.41, 5.74) is 1.54. The lowest BCUT2D eigenvalue weighted by molar-refractivity contribution is -0.386. The molecule has 0 unspecified atom stereocenters. The maximum atomic E-state index is 13.0. The third-order valence-corrected chi connectivity index (χ3v) is 7.90. The number of nitro groups is 1. The molecule has 3 rings (SSSR count). The SMILES string of the molecule is CCN(CC)S(=O)(=O)c1ccc(N2CCCC2)c(NC(=O)Cn2nc(C)c([N+](=O)[O-])c2C)c1. The minimum atomic E-state index is -3.71. The standard InChI is InChI=1S/C21H30N6O5S/c1-5-25(6-2)33(31,32)17-9-10-19(24-11-7-8-12-24)18(13-17)22-20(28)14-26-16(4)21(27(29)30)15(3)23-26/h9-10,13H,5-8,11-12,14H2,1-4H3,(H,22,28). The zero-order valence-electron chi connectivity index (χ0n) is 19.4. The number of hydrogen-bond acceptors (Lipinski definition) is 7. The first-order chi connectivity index (χ1) is 15.6. The van der Waals surface area contributed by atoms with Crippen LogP contribution in [0.5, 0.6) is 0 Å². The molecule has 0 atom stereocenters. The maximum Gasteiger partial charge on any atom is 0.312 e. The molecule has 0 aliphatic carbocycles. The van der Waals surface area contributed by atoms with Gasteiger partial charge in [-0.2, -0.15) is 9.40 Å². The second-order valence-corrected chi connectivity index (χ2v) is 9.88. The summed E-state index contributed by atoms with van der Waals surface area (Å²) in [6, 6.07) is 4.79. The van der Waals surface area contributed by atoms with Gasteiger partial charge in [0, 0.05) is 26.2 Å². The van der Waals surface area contributed by atoms with Gasteiger partial charge in [0.25, 0.3) is 0 Å². The highest BCUT2D eigenvalue weighted by Crippen LogP contribution is 2.32. The second-order valence-electron chi connectivity index (χ2n) is 7.94. The highest BCUT2D eigenvalue weighted by molar-refractivity contribution is 7.89. The van der Waals surface area contributed by atoms with Gasteiger partial charge in [0.15, 0.2) is 0 Å². The Balaban J connectivity index is 1.93. The number of amides is 1. The molecule has 1 aliphatic heterocycles. The van der Waals surface area contributed by atoms with Crippen molar-refractivity contribution in [2.75, 3.05) is 36.4 Å². The Bertz CT molecular complexity index is 1150. The van der Waals surface area contributed by atoms with Crippen molar-refractivity contribution in [1.29, 1.82) is 0 Å². The van der Waals surface area contributed by atoms with E-state index in [2.05, 4.69) is 15.3 Å². The number of aromatic nitrogens is 2. The summed E-state index contributed by atoms with van der Waals surface area (Å²) in [4.78, 5) is 25.8. The molecule has 0 saturated carbocycles. The number of carbonyl (C=O) groups excluding carboxylic acids is 1. The number of anilines is 2. The smallest absolute Gasteiger partial charge is 0.312 e. The van der Waals surface area contributed by atoms with E-state index in [0.717, 1.165) is 31.6 Å². The normalized spacial score (nSPS) is 14.2. The predicted molar refractivity (Wildman–Crippen MR) is 125 cm³/mol. The number of benzene rings is 1. The minimum absolute atomic E-state index is 0.103. The molecule has 12 heteroatoms. The Hall–Kier alpha value is -2.99. The zero-order valence-corrected chi connectivity index (χ0v) is 20.2. The molecule has 2 aromatic rings. The molecule has 1 amide bonds. The summed E-state index contributed by atoms with van der Waals surface area (Å²) in [5.74, 6) is -0.451. The van der Waals surface area contributed by atoms with E-state index >= 15 is 0 Å². The van der Waals surface area contributed by atoms with Gasteiger partial charge in [0.2, 0.25) is 15.9 Å². The van der Waals surface area contributed by atoms with E-state index in [1.165, 1.54) is 22.0 Å². The molecule has 1 aliphatic rings. The molecule has 33 heavy (non-hydrogen) atoms. The van der Waals surface area contributed by atoms with Crippen LogP contribution in [0.4, 0.5) is 17.1 Å². The van der Waals surface area contributed by atoms with Crippen molar-refractivity contribution in [3.63, 3.8) is 0 Å². The zero-order chi connectivity index (χ0) is 24.3. The topological polar surface area (TPSA) is 131 Å². The van der Waals surface area contributed by atoms with E-state index in [0.29, 0.717) is 18.8 Å². The second kappa shape index (κ2) is 9.87. The van der Waals surface area contributed by atoms with Crippen LogP contribution in [0, 0.1) is 24.0 Å². The van der Waals surface area contributed by atoms with E-state index in [1.807, 2.05) is 0 Å². The van der Waals surface area contributed by atoms with Crippen molar-refractivity contribution < 1.29 is 18.1 Å². The average Bonchev–Trinajstić information content (AvgIpc) is 3.37. The molecule has 1 fully saturated rings. The van der Waals surface area contributed by atoms with Crippen LogP contribution in [0.25, 0.3) is 0 Å². The number of nitrogens with one attached hydrogen (secondary N) is 1. The Morgan fingerprint density at radius 2 is 1.85 bits per heavy atom. The molecule has 0 spiro atoms. The van der Waals surface area contributed by atoms with Crippen LogP contribution < -0.4 is 10.2 Å². The van der Waals surface area contributed by atoms with Crippen molar-refractivity contribution in [3.8, 4) is 0 Å². The Morgan fingerprint density at radius 1 is 1.21 bits per heavy atom. The molecule has 1 N–H and O–H groups in total. The molecule has 0 radical (unpaired) electrons. The van der Waals surface area contributed by atoms with Gasteiger partial charge in [-0.3, -0.25) is 19.6 Å². The van der Waals surface area contributed by atoms with E-state index in [-0.39, 0.29) is 28.5 Å². The van der Waals surface area contributed by atoms with Crippen molar-refractivity contribution in [2.45, 2.75) is 52.0 Å². The largest absolute Gasteiger partial charge is 0.370 e. The van der Waals surface area contributed by atoms with Crippen LogP contribution in [0.15, 0.2) is 23.1 Å². The van der Waals surface area contributed by atoms with Crippen molar-refractivity contribution in [3.05, 3.63) is 39.7 Å². The molecule has 180 valence electrons. The van der Waals surface area contributed by atoms with Crippen LogP contribution in [-0.4, -0.2) is 59.5 Å². The van der Waals surface area contributed by atoms with Gasteiger partial charge in [-0.05, 0) is 44.9 Å². The number of hydrogen-bond donors (Lipinski definition) is 1. The van der Waals surface area contributed by atoms with Gasteiger partial charge < -0.3 is 10.2 Å². The van der Waals surface area contributed by atoms with Crippen LogP contribution in [0.3, 0.4) is 0 Å². The van der Waals surface area contributed by atoms with Crippen molar-refractivity contribution in [1.82, 2.24) is 14.1 Å². The first kappa shape index (κ1) is 24.6. The Labute approximate surface area is 193 Å². The van der Waals surface area contributed by atoms with Crippen molar-refractivity contribution in [2.24, 2.45) is 0 Å². The maximum absolute atomic E-state index is 13.0. The van der Waals surface area contributed by atoms with Crippen LogP contribution >= 0.6 is 0 Å². The Morgan fingerprint density at radius 3 is 2.39 bits per heavy atom. The minimum Gasteiger partial charge on any atom is -0.370 e. The van der Waals surface area contributed by atoms with E-state index in [9.17, 15) is 23.3 Å². The third-order valence-electron chi connectivity index (χ3n) is 5.85. The number of rotatable bonds is 9. The highest BCUT2D eigenvalue weighted by Gasteiger charge is 2.26. The fourth-order valence-electron chi connectivity index (χ4n) is 4.15. The molecule has 2 heterocycles. The highest BCUT2D eigenvalue weighted by atomic mass is 32.2.